The minimum absolute atomic E-state index is 0.512. The van der Waals surface area contributed by atoms with Crippen LogP contribution in [0.2, 0.25) is 0 Å². The Bertz CT molecular complexity index is 237. The van der Waals surface area contributed by atoms with Crippen molar-refractivity contribution in [1.82, 2.24) is 10.2 Å². The number of ether oxygens (including phenoxy) is 1. The zero-order valence-corrected chi connectivity index (χ0v) is 12.9. The molecule has 0 spiro atoms. The Kier molecular flexibility index (Phi) is 6.62. The van der Waals surface area contributed by atoms with Crippen LogP contribution >= 0.6 is 0 Å². The van der Waals surface area contributed by atoms with Crippen molar-refractivity contribution in [2.75, 3.05) is 32.8 Å². The summed E-state index contributed by atoms with van der Waals surface area (Å²) in [4.78, 5) is 2.57. The Hall–Kier alpha value is -0.120. The van der Waals surface area contributed by atoms with Gasteiger partial charge in [-0.1, -0.05) is 20.3 Å². The Labute approximate surface area is 119 Å². The van der Waals surface area contributed by atoms with E-state index >= 15 is 0 Å². The molecule has 2 saturated heterocycles. The maximum atomic E-state index is 5.82. The molecule has 0 bridgehead atoms. The van der Waals surface area contributed by atoms with Crippen molar-refractivity contribution in [3.05, 3.63) is 0 Å². The Morgan fingerprint density at radius 2 is 1.95 bits per heavy atom. The van der Waals surface area contributed by atoms with Crippen molar-refractivity contribution >= 4 is 0 Å². The summed E-state index contributed by atoms with van der Waals surface area (Å²) in [6.07, 6.45) is 8.17. The maximum Gasteiger partial charge on any atom is 0.0589 e. The van der Waals surface area contributed by atoms with Gasteiger partial charge >= 0.3 is 0 Å². The summed E-state index contributed by atoms with van der Waals surface area (Å²) < 4.78 is 5.82. The molecule has 1 N–H and O–H groups in total. The van der Waals surface area contributed by atoms with Crippen LogP contribution in [-0.4, -0.2) is 49.8 Å². The van der Waals surface area contributed by atoms with E-state index in [1.54, 1.807) is 0 Å². The summed E-state index contributed by atoms with van der Waals surface area (Å²) in [6.45, 7) is 10.5. The summed E-state index contributed by atoms with van der Waals surface area (Å²) >= 11 is 0. The number of piperidine rings is 1. The van der Waals surface area contributed by atoms with Gasteiger partial charge in [-0.05, 0) is 64.2 Å². The molecule has 2 unspecified atom stereocenters. The quantitative estimate of drug-likeness (QED) is 0.801. The molecule has 112 valence electrons. The molecule has 2 aliphatic rings. The maximum absolute atomic E-state index is 5.82. The van der Waals surface area contributed by atoms with Gasteiger partial charge in [-0.3, -0.25) is 0 Å². The lowest BCUT2D eigenvalue weighted by Crippen LogP contribution is -2.43. The third-order valence-corrected chi connectivity index (χ3v) is 4.83. The van der Waals surface area contributed by atoms with Gasteiger partial charge in [0.25, 0.3) is 0 Å². The molecule has 2 aliphatic heterocycles. The monoisotopic (exact) mass is 268 g/mol. The first-order valence-corrected chi connectivity index (χ1v) is 8.39. The molecule has 0 aromatic rings. The first kappa shape index (κ1) is 15.3. The van der Waals surface area contributed by atoms with Crippen LogP contribution in [0.5, 0.6) is 0 Å². The summed E-state index contributed by atoms with van der Waals surface area (Å²) in [5.41, 5.74) is 0. The van der Waals surface area contributed by atoms with Gasteiger partial charge in [-0.25, -0.2) is 0 Å². The van der Waals surface area contributed by atoms with Crippen molar-refractivity contribution in [2.24, 2.45) is 5.92 Å². The van der Waals surface area contributed by atoms with Crippen molar-refractivity contribution in [2.45, 2.75) is 64.5 Å². The topological polar surface area (TPSA) is 24.5 Å². The van der Waals surface area contributed by atoms with E-state index in [1.807, 2.05) is 0 Å². The van der Waals surface area contributed by atoms with Gasteiger partial charge in [0.2, 0.25) is 0 Å². The molecule has 0 saturated carbocycles. The van der Waals surface area contributed by atoms with E-state index in [1.165, 1.54) is 64.7 Å². The fourth-order valence-corrected chi connectivity index (χ4v) is 3.43. The van der Waals surface area contributed by atoms with E-state index in [4.69, 9.17) is 4.74 Å². The van der Waals surface area contributed by atoms with Crippen molar-refractivity contribution < 1.29 is 4.74 Å². The first-order valence-electron chi connectivity index (χ1n) is 8.39. The molecule has 2 heterocycles. The molecule has 3 heteroatoms. The number of rotatable bonds is 6. The zero-order valence-electron chi connectivity index (χ0n) is 12.9. The second kappa shape index (κ2) is 8.23. The van der Waals surface area contributed by atoms with Crippen LogP contribution in [0.15, 0.2) is 0 Å². The van der Waals surface area contributed by atoms with E-state index in [0.717, 1.165) is 12.5 Å². The van der Waals surface area contributed by atoms with Gasteiger partial charge in [0.05, 0.1) is 6.10 Å². The Balaban J connectivity index is 1.62. The molecular formula is C16H32N2O. The number of hydrogen-bond acceptors (Lipinski definition) is 3. The Morgan fingerprint density at radius 1 is 1.16 bits per heavy atom. The number of nitrogens with zero attached hydrogens (tertiary/aromatic N) is 1. The summed E-state index contributed by atoms with van der Waals surface area (Å²) in [7, 11) is 0. The van der Waals surface area contributed by atoms with E-state index in [0.29, 0.717) is 12.1 Å². The molecule has 19 heavy (non-hydrogen) atoms. The van der Waals surface area contributed by atoms with Crippen LogP contribution in [0, 0.1) is 5.92 Å². The molecule has 0 aromatic carbocycles. The molecule has 2 atom stereocenters. The third kappa shape index (κ3) is 5.05. The Morgan fingerprint density at radius 3 is 2.63 bits per heavy atom. The normalized spacial score (nSPS) is 30.6. The van der Waals surface area contributed by atoms with Crippen LogP contribution in [0.4, 0.5) is 0 Å². The predicted molar refractivity (Wildman–Crippen MR) is 80.5 cm³/mol. The minimum atomic E-state index is 0.512. The van der Waals surface area contributed by atoms with Crippen molar-refractivity contribution in [1.29, 1.82) is 0 Å². The van der Waals surface area contributed by atoms with Gasteiger partial charge in [0.15, 0.2) is 0 Å². The molecule has 0 aromatic heterocycles. The van der Waals surface area contributed by atoms with Crippen molar-refractivity contribution in [3.63, 3.8) is 0 Å². The average molecular weight is 268 g/mol. The van der Waals surface area contributed by atoms with Gasteiger partial charge in [-0.2, -0.15) is 0 Å². The van der Waals surface area contributed by atoms with Crippen LogP contribution in [-0.2, 0) is 4.74 Å². The van der Waals surface area contributed by atoms with Gasteiger partial charge < -0.3 is 15.0 Å². The zero-order chi connectivity index (χ0) is 13.5. The SMILES string of the molecule is CCCC1CC(NCC2CCN(CC)CC2)CCO1. The highest BCUT2D eigenvalue weighted by Crippen LogP contribution is 2.20. The average Bonchev–Trinajstić information content (AvgIpc) is 2.46. The summed E-state index contributed by atoms with van der Waals surface area (Å²) in [5.74, 6) is 0.898. The number of nitrogens with one attached hydrogen (secondary N) is 1. The fourth-order valence-electron chi connectivity index (χ4n) is 3.43. The van der Waals surface area contributed by atoms with Gasteiger partial charge in [-0.15, -0.1) is 0 Å². The van der Waals surface area contributed by atoms with Crippen LogP contribution in [0.25, 0.3) is 0 Å². The van der Waals surface area contributed by atoms with Crippen LogP contribution in [0.3, 0.4) is 0 Å². The lowest BCUT2D eigenvalue weighted by atomic mass is 9.95. The molecule has 0 radical (unpaired) electrons. The lowest BCUT2D eigenvalue weighted by Gasteiger charge is -2.34. The van der Waals surface area contributed by atoms with E-state index in [-0.39, 0.29) is 0 Å². The molecule has 3 nitrogen and oxygen atoms in total. The second-order valence-electron chi connectivity index (χ2n) is 6.29. The third-order valence-electron chi connectivity index (χ3n) is 4.83. The van der Waals surface area contributed by atoms with E-state index < -0.39 is 0 Å². The predicted octanol–water partition coefficient (Wildman–Crippen LogP) is 2.66. The standard InChI is InChI=1S/C16H32N2O/c1-3-5-16-12-15(8-11-19-16)17-13-14-6-9-18(4-2)10-7-14/h14-17H,3-13H2,1-2H3. The summed E-state index contributed by atoms with van der Waals surface area (Å²) in [5, 5.41) is 3.81. The largest absolute Gasteiger partial charge is 0.378 e. The van der Waals surface area contributed by atoms with E-state index in [2.05, 4.69) is 24.1 Å². The molecule has 0 amide bonds. The first-order chi connectivity index (χ1) is 9.31. The molecule has 0 aliphatic carbocycles. The highest BCUT2D eigenvalue weighted by molar-refractivity contribution is 4.79. The smallest absolute Gasteiger partial charge is 0.0589 e. The highest BCUT2D eigenvalue weighted by atomic mass is 16.5. The molecule has 2 rings (SSSR count). The fraction of sp³-hybridized carbons (Fsp3) is 1.00. The van der Waals surface area contributed by atoms with Crippen molar-refractivity contribution in [3.8, 4) is 0 Å². The number of hydrogen-bond donors (Lipinski definition) is 1. The summed E-state index contributed by atoms with van der Waals surface area (Å²) in [6, 6.07) is 0.703. The molecular weight excluding hydrogens is 236 g/mol. The number of likely N-dealkylation sites (tertiary alicyclic amines) is 1. The van der Waals surface area contributed by atoms with Crippen LogP contribution in [0.1, 0.15) is 52.4 Å². The highest BCUT2D eigenvalue weighted by Gasteiger charge is 2.23. The lowest BCUT2D eigenvalue weighted by molar-refractivity contribution is -0.00412. The minimum Gasteiger partial charge on any atom is -0.378 e. The van der Waals surface area contributed by atoms with Crippen LogP contribution < -0.4 is 5.32 Å². The second-order valence-corrected chi connectivity index (χ2v) is 6.29. The van der Waals surface area contributed by atoms with Gasteiger partial charge in [0.1, 0.15) is 0 Å². The van der Waals surface area contributed by atoms with E-state index in [9.17, 15) is 0 Å². The van der Waals surface area contributed by atoms with Gasteiger partial charge in [0, 0.05) is 12.6 Å². The molecule has 2 fully saturated rings.